The molecule has 2 rings (SSSR count). The van der Waals surface area contributed by atoms with E-state index in [0.29, 0.717) is 11.4 Å². The van der Waals surface area contributed by atoms with Gasteiger partial charge in [-0.1, -0.05) is 34.1 Å². The number of thiophene rings is 1. The molecule has 3 nitrogen and oxygen atoms in total. The van der Waals surface area contributed by atoms with Crippen molar-refractivity contribution in [1.29, 1.82) is 0 Å². The monoisotopic (exact) mass is 345 g/mol. The summed E-state index contributed by atoms with van der Waals surface area (Å²) in [6.07, 6.45) is 0. The van der Waals surface area contributed by atoms with Crippen LogP contribution in [-0.2, 0) is 21.9 Å². The standard InChI is InChI=1S/C12H12BrNO2S2/c13-7-10-6-11(17-9-10)8-14-18(15,16)12-4-2-1-3-5-12/h1-6,9,14H,7-8H2. The zero-order valence-corrected chi connectivity index (χ0v) is 12.7. The first kappa shape index (κ1) is 13.7. The van der Waals surface area contributed by atoms with E-state index in [0.717, 1.165) is 15.8 Å². The van der Waals surface area contributed by atoms with Crippen molar-refractivity contribution in [2.45, 2.75) is 16.8 Å². The highest BCUT2D eigenvalue weighted by Gasteiger charge is 2.13. The van der Waals surface area contributed by atoms with Crippen LogP contribution in [0.2, 0.25) is 0 Å². The molecule has 0 aliphatic rings. The van der Waals surface area contributed by atoms with E-state index < -0.39 is 10.0 Å². The average Bonchev–Trinajstić information content (AvgIpc) is 2.86. The van der Waals surface area contributed by atoms with Gasteiger partial charge < -0.3 is 0 Å². The molecule has 0 aliphatic carbocycles. The van der Waals surface area contributed by atoms with Crippen molar-refractivity contribution in [2.75, 3.05) is 0 Å². The van der Waals surface area contributed by atoms with E-state index in [9.17, 15) is 8.42 Å². The SMILES string of the molecule is O=S(=O)(NCc1cc(CBr)cs1)c1ccccc1. The summed E-state index contributed by atoms with van der Waals surface area (Å²) in [5, 5.41) is 2.80. The number of alkyl halides is 1. The third-order valence-electron chi connectivity index (χ3n) is 2.35. The maximum absolute atomic E-state index is 12.0. The first-order valence-electron chi connectivity index (χ1n) is 5.29. The first-order chi connectivity index (χ1) is 8.62. The lowest BCUT2D eigenvalue weighted by atomic mass is 10.3. The highest BCUT2D eigenvalue weighted by molar-refractivity contribution is 9.08. The third kappa shape index (κ3) is 3.41. The molecule has 0 saturated heterocycles. The van der Waals surface area contributed by atoms with Crippen molar-refractivity contribution in [1.82, 2.24) is 4.72 Å². The number of sulfonamides is 1. The van der Waals surface area contributed by atoms with Crippen molar-refractivity contribution in [3.05, 3.63) is 52.2 Å². The molecule has 1 aromatic carbocycles. The molecule has 0 bridgehead atoms. The molecule has 0 radical (unpaired) electrons. The predicted octanol–water partition coefficient (Wildman–Crippen LogP) is 3.12. The molecular weight excluding hydrogens is 334 g/mol. The topological polar surface area (TPSA) is 46.2 Å². The number of benzene rings is 1. The van der Waals surface area contributed by atoms with E-state index in [1.54, 1.807) is 41.7 Å². The summed E-state index contributed by atoms with van der Waals surface area (Å²) in [6.45, 7) is 0.328. The summed E-state index contributed by atoms with van der Waals surface area (Å²) in [5.41, 5.74) is 1.16. The Morgan fingerprint density at radius 1 is 1.22 bits per heavy atom. The van der Waals surface area contributed by atoms with E-state index in [4.69, 9.17) is 0 Å². The molecule has 18 heavy (non-hydrogen) atoms. The summed E-state index contributed by atoms with van der Waals surface area (Å²) in [7, 11) is -3.41. The van der Waals surface area contributed by atoms with E-state index in [1.165, 1.54) is 0 Å². The van der Waals surface area contributed by atoms with Gasteiger partial charge in [0, 0.05) is 16.8 Å². The summed E-state index contributed by atoms with van der Waals surface area (Å²) in [5.74, 6) is 0. The molecule has 0 atom stereocenters. The maximum atomic E-state index is 12.0. The molecule has 0 unspecified atom stereocenters. The van der Waals surface area contributed by atoms with E-state index in [1.807, 2.05) is 11.4 Å². The Balaban J connectivity index is 2.06. The average molecular weight is 346 g/mol. The summed E-state index contributed by atoms with van der Waals surface area (Å²) >= 11 is 4.92. The minimum atomic E-state index is -3.41. The summed E-state index contributed by atoms with van der Waals surface area (Å²) in [4.78, 5) is 1.30. The highest BCUT2D eigenvalue weighted by atomic mass is 79.9. The molecule has 2 aromatic rings. The van der Waals surface area contributed by atoms with Crippen LogP contribution in [0.5, 0.6) is 0 Å². The van der Waals surface area contributed by atoms with Crippen molar-refractivity contribution in [2.24, 2.45) is 0 Å². The quantitative estimate of drug-likeness (QED) is 0.846. The zero-order valence-electron chi connectivity index (χ0n) is 9.47. The van der Waals surface area contributed by atoms with Crippen LogP contribution >= 0.6 is 27.3 Å². The number of nitrogens with one attached hydrogen (secondary N) is 1. The Morgan fingerprint density at radius 3 is 2.56 bits per heavy atom. The van der Waals surface area contributed by atoms with Crippen LogP contribution in [-0.4, -0.2) is 8.42 Å². The predicted molar refractivity (Wildman–Crippen MR) is 77.4 cm³/mol. The van der Waals surface area contributed by atoms with Gasteiger partial charge in [-0.2, -0.15) is 0 Å². The van der Waals surface area contributed by atoms with Crippen molar-refractivity contribution in [3.8, 4) is 0 Å². The molecule has 0 fully saturated rings. The van der Waals surface area contributed by atoms with Crippen LogP contribution in [0.4, 0.5) is 0 Å². The minimum absolute atomic E-state index is 0.294. The first-order valence-corrected chi connectivity index (χ1v) is 8.77. The highest BCUT2D eigenvalue weighted by Crippen LogP contribution is 2.17. The molecule has 0 spiro atoms. The van der Waals surface area contributed by atoms with E-state index >= 15 is 0 Å². The molecular formula is C12H12BrNO2S2. The van der Waals surface area contributed by atoms with Gasteiger partial charge in [-0.25, -0.2) is 13.1 Å². The van der Waals surface area contributed by atoms with Crippen molar-refractivity contribution in [3.63, 3.8) is 0 Å². The number of hydrogen-bond acceptors (Lipinski definition) is 3. The molecule has 1 heterocycles. The van der Waals surface area contributed by atoms with Crippen LogP contribution in [0.3, 0.4) is 0 Å². The Bertz CT molecular complexity index is 608. The van der Waals surface area contributed by atoms with Crippen molar-refractivity contribution >= 4 is 37.3 Å². The van der Waals surface area contributed by atoms with Gasteiger partial charge in [-0.15, -0.1) is 11.3 Å². The van der Waals surface area contributed by atoms with E-state index in [2.05, 4.69) is 20.7 Å². The molecule has 0 aliphatic heterocycles. The van der Waals surface area contributed by atoms with Crippen LogP contribution in [0.25, 0.3) is 0 Å². The normalized spacial score (nSPS) is 11.6. The fourth-order valence-electron chi connectivity index (χ4n) is 1.44. The molecule has 0 saturated carbocycles. The minimum Gasteiger partial charge on any atom is -0.207 e. The van der Waals surface area contributed by atoms with Crippen molar-refractivity contribution < 1.29 is 8.42 Å². The molecule has 6 heteroatoms. The fraction of sp³-hybridized carbons (Fsp3) is 0.167. The van der Waals surface area contributed by atoms with Gasteiger partial charge in [-0.3, -0.25) is 0 Å². The zero-order chi connectivity index (χ0) is 13.0. The lowest BCUT2D eigenvalue weighted by Gasteiger charge is -2.04. The third-order valence-corrected chi connectivity index (χ3v) is 5.40. The maximum Gasteiger partial charge on any atom is 0.240 e. The Morgan fingerprint density at radius 2 is 1.94 bits per heavy atom. The fourth-order valence-corrected chi connectivity index (χ4v) is 3.92. The van der Waals surface area contributed by atoms with Crippen LogP contribution in [0.15, 0.2) is 46.7 Å². The summed E-state index contributed by atoms with van der Waals surface area (Å²) in [6, 6.07) is 10.4. The Kier molecular flexibility index (Phi) is 4.55. The van der Waals surface area contributed by atoms with Gasteiger partial charge in [0.15, 0.2) is 0 Å². The van der Waals surface area contributed by atoms with E-state index in [-0.39, 0.29) is 0 Å². The second-order valence-electron chi connectivity index (χ2n) is 3.69. The number of rotatable bonds is 5. The molecule has 96 valence electrons. The lowest BCUT2D eigenvalue weighted by molar-refractivity contribution is 0.582. The van der Waals surface area contributed by atoms with Gasteiger partial charge in [-0.05, 0) is 29.1 Å². The van der Waals surface area contributed by atoms with Gasteiger partial charge in [0.2, 0.25) is 10.0 Å². The van der Waals surface area contributed by atoms with Gasteiger partial charge in [0.25, 0.3) is 0 Å². The lowest BCUT2D eigenvalue weighted by Crippen LogP contribution is -2.22. The molecule has 1 aromatic heterocycles. The molecule has 0 amide bonds. The second-order valence-corrected chi connectivity index (χ2v) is 7.02. The Labute approximate surface area is 119 Å². The second kappa shape index (κ2) is 5.97. The van der Waals surface area contributed by atoms with Crippen LogP contribution in [0.1, 0.15) is 10.4 Å². The number of hydrogen-bond donors (Lipinski definition) is 1. The summed E-state index contributed by atoms with van der Waals surface area (Å²) < 4.78 is 26.5. The van der Waals surface area contributed by atoms with Crippen LogP contribution < -0.4 is 4.72 Å². The van der Waals surface area contributed by atoms with Gasteiger partial charge in [0.05, 0.1) is 4.90 Å². The largest absolute Gasteiger partial charge is 0.240 e. The van der Waals surface area contributed by atoms with Crippen LogP contribution in [0, 0.1) is 0 Å². The molecule has 1 N–H and O–H groups in total. The smallest absolute Gasteiger partial charge is 0.207 e. The number of halogens is 1. The van der Waals surface area contributed by atoms with Gasteiger partial charge in [0.1, 0.15) is 0 Å². The van der Waals surface area contributed by atoms with Gasteiger partial charge >= 0.3 is 0 Å². The Hall–Kier alpha value is -0.690.